The minimum Gasteiger partial charge on any atom is -0.383 e. The van der Waals surface area contributed by atoms with Gasteiger partial charge in [0.2, 0.25) is 0 Å². The maximum atomic E-state index is 6.01. The number of nitrogens with zero attached hydrogens (tertiary/aromatic N) is 2. The van der Waals surface area contributed by atoms with Gasteiger partial charge in [0.1, 0.15) is 11.6 Å². The van der Waals surface area contributed by atoms with Gasteiger partial charge in [0.15, 0.2) is 0 Å². The normalized spacial score (nSPS) is 11.1. The fourth-order valence-electron chi connectivity index (χ4n) is 1.83. The van der Waals surface area contributed by atoms with Gasteiger partial charge in [0.25, 0.3) is 0 Å². The Morgan fingerprint density at radius 3 is 2.52 bits per heavy atom. The SMILES string of the molecule is CC(C)Cc1nc(CSc2ccc(Br)cc2)nc(N)c1I. The van der Waals surface area contributed by atoms with Crippen molar-refractivity contribution >= 4 is 56.1 Å². The van der Waals surface area contributed by atoms with Gasteiger partial charge in [-0.05, 0) is 59.2 Å². The molecular formula is C15H17BrIN3S. The van der Waals surface area contributed by atoms with Crippen molar-refractivity contribution in [2.75, 3.05) is 5.73 Å². The lowest BCUT2D eigenvalue weighted by Crippen LogP contribution is -2.09. The fourth-order valence-corrected chi connectivity index (χ4v) is 3.31. The maximum Gasteiger partial charge on any atom is 0.141 e. The number of hydrogen-bond acceptors (Lipinski definition) is 4. The van der Waals surface area contributed by atoms with Crippen LogP contribution in [-0.2, 0) is 12.2 Å². The van der Waals surface area contributed by atoms with Gasteiger partial charge >= 0.3 is 0 Å². The number of benzene rings is 1. The van der Waals surface area contributed by atoms with Crippen LogP contribution in [0.2, 0.25) is 0 Å². The average Bonchev–Trinajstić information content (AvgIpc) is 2.43. The van der Waals surface area contributed by atoms with Gasteiger partial charge in [-0.1, -0.05) is 29.8 Å². The van der Waals surface area contributed by atoms with Crippen LogP contribution in [0, 0.1) is 9.49 Å². The number of anilines is 1. The van der Waals surface area contributed by atoms with Crippen molar-refractivity contribution in [2.45, 2.75) is 30.9 Å². The Labute approximate surface area is 151 Å². The van der Waals surface area contributed by atoms with Gasteiger partial charge < -0.3 is 5.73 Å². The predicted octanol–water partition coefficient (Wildman–Crippen LogP) is 4.92. The van der Waals surface area contributed by atoms with Crippen molar-refractivity contribution in [2.24, 2.45) is 5.92 Å². The van der Waals surface area contributed by atoms with E-state index in [1.54, 1.807) is 11.8 Å². The van der Waals surface area contributed by atoms with E-state index in [1.165, 1.54) is 4.90 Å². The molecule has 2 aromatic rings. The van der Waals surface area contributed by atoms with Crippen molar-refractivity contribution in [3.8, 4) is 0 Å². The molecule has 0 bridgehead atoms. The molecule has 0 unspecified atom stereocenters. The topological polar surface area (TPSA) is 51.8 Å². The highest BCUT2D eigenvalue weighted by atomic mass is 127. The first-order valence-corrected chi connectivity index (χ1v) is 9.50. The molecule has 112 valence electrons. The smallest absolute Gasteiger partial charge is 0.141 e. The van der Waals surface area contributed by atoms with Crippen molar-refractivity contribution in [1.82, 2.24) is 9.97 Å². The minimum absolute atomic E-state index is 0.555. The number of halogens is 2. The highest BCUT2D eigenvalue weighted by Gasteiger charge is 2.11. The second-order valence-electron chi connectivity index (χ2n) is 5.13. The summed E-state index contributed by atoms with van der Waals surface area (Å²) >= 11 is 7.40. The second kappa shape index (κ2) is 7.78. The lowest BCUT2D eigenvalue weighted by molar-refractivity contribution is 0.629. The summed E-state index contributed by atoms with van der Waals surface area (Å²) in [5.74, 6) is 2.68. The third-order valence-corrected chi connectivity index (χ3v) is 5.49. The van der Waals surface area contributed by atoms with Crippen LogP contribution in [0.1, 0.15) is 25.4 Å². The lowest BCUT2D eigenvalue weighted by Gasteiger charge is -2.10. The fraction of sp³-hybridized carbons (Fsp3) is 0.333. The number of thioether (sulfide) groups is 1. The first-order chi connectivity index (χ1) is 9.95. The number of nitrogens with two attached hydrogens (primary N) is 1. The van der Waals surface area contributed by atoms with Gasteiger partial charge in [0, 0.05) is 9.37 Å². The Bertz CT molecular complexity index is 617. The monoisotopic (exact) mass is 477 g/mol. The van der Waals surface area contributed by atoms with Crippen LogP contribution in [-0.4, -0.2) is 9.97 Å². The van der Waals surface area contributed by atoms with E-state index in [1.807, 2.05) is 12.1 Å². The van der Waals surface area contributed by atoms with Crippen molar-refractivity contribution < 1.29 is 0 Å². The Morgan fingerprint density at radius 2 is 1.90 bits per heavy atom. The van der Waals surface area contributed by atoms with Crippen LogP contribution in [0.4, 0.5) is 5.82 Å². The zero-order chi connectivity index (χ0) is 15.4. The summed E-state index contributed by atoms with van der Waals surface area (Å²) in [5.41, 5.74) is 7.07. The molecule has 6 heteroatoms. The highest BCUT2D eigenvalue weighted by Crippen LogP contribution is 2.25. The largest absolute Gasteiger partial charge is 0.383 e. The van der Waals surface area contributed by atoms with Gasteiger partial charge in [-0.2, -0.15) is 0 Å². The van der Waals surface area contributed by atoms with Gasteiger partial charge in [-0.25, -0.2) is 9.97 Å². The molecule has 1 aromatic carbocycles. The van der Waals surface area contributed by atoms with E-state index in [0.717, 1.165) is 31.7 Å². The molecule has 0 aliphatic carbocycles. The van der Waals surface area contributed by atoms with E-state index in [-0.39, 0.29) is 0 Å². The van der Waals surface area contributed by atoms with Crippen molar-refractivity contribution in [3.05, 3.63) is 43.8 Å². The Kier molecular flexibility index (Phi) is 6.31. The molecule has 1 aromatic heterocycles. The van der Waals surface area contributed by atoms with E-state index < -0.39 is 0 Å². The quantitative estimate of drug-likeness (QED) is 0.490. The summed E-state index contributed by atoms with van der Waals surface area (Å²) in [7, 11) is 0. The Morgan fingerprint density at radius 1 is 1.24 bits per heavy atom. The number of aromatic nitrogens is 2. The van der Waals surface area contributed by atoms with E-state index >= 15 is 0 Å². The molecule has 0 saturated heterocycles. The molecule has 21 heavy (non-hydrogen) atoms. The van der Waals surface area contributed by atoms with Gasteiger partial charge in [0.05, 0.1) is 15.0 Å². The summed E-state index contributed by atoms with van der Waals surface area (Å²) in [6, 6.07) is 8.24. The number of rotatable bonds is 5. The molecule has 0 aliphatic rings. The second-order valence-corrected chi connectivity index (χ2v) is 8.17. The molecule has 2 rings (SSSR count). The minimum atomic E-state index is 0.555. The highest BCUT2D eigenvalue weighted by molar-refractivity contribution is 14.1. The van der Waals surface area contributed by atoms with Crippen molar-refractivity contribution in [1.29, 1.82) is 0 Å². The first-order valence-electron chi connectivity index (χ1n) is 6.65. The summed E-state index contributed by atoms with van der Waals surface area (Å²) in [6.07, 6.45) is 0.931. The van der Waals surface area contributed by atoms with Crippen LogP contribution in [0.3, 0.4) is 0 Å². The molecule has 0 saturated carbocycles. The summed E-state index contributed by atoms with van der Waals surface area (Å²) in [4.78, 5) is 10.3. The molecule has 1 heterocycles. The van der Waals surface area contributed by atoms with Crippen LogP contribution in [0.25, 0.3) is 0 Å². The molecule has 0 fully saturated rings. The zero-order valence-electron chi connectivity index (χ0n) is 11.9. The molecule has 2 N–H and O–H groups in total. The van der Waals surface area contributed by atoms with Crippen LogP contribution in [0.15, 0.2) is 33.6 Å². The Balaban J connectivity index is 2.12. The van der Waals surface area contributed by atoms with Crippen LogP contribution in [0.5, 0.6) is 0 Å². The third kappa shape index (κ3) is 5.10. The number of hydrogen-bond donors (Lipinski definition) is 1. The molecular weight excluding hydrogens is 461 g/mol. The Hall–Kier alpha value is -0.340. The van der Waals surface area contributed by atoms with Gasteiger partial charge in [-0.15, -0.1) is 11.8 Å². The standard InChI is InChI=1S/C15H17BrIN3S/c1-9(2)7-12-14(17)15(18)20-13(19-12)8-21-11-5-3-10(16)4-6-11/h3-6,9H,7-8H2,1-2H3,(H2,18,19,20). The summed E-state index contributed by atoms with van der Waals surface area (Å²) in [6.45, 7) is 4.37. The lowest BCUT2D eigenvalue weighted by atomic mass is 10.1. The van der Waals surface area contributed by atoms with E-state index in [9.17, 15) is 0 Å². The van der Waals surface area contributed by atoms with E-state index in [2.05, 4.69) is 74.5 Å². The summed E-state index contributed by atoms with van der Waals surface area (Å²) < 4.78 is 2.07. The predicted molar refractivity (Wildman–Crippen MR) is 101 cm³/mol. The molecule has 0 radical (unpaired) electrons. The van der Waals surface area contributed by atoms with E-state index in [0.29, 0.717) is 11.7 Å². The van der Waals surface area contributed by atoms with Crippen LogP contribution >= 0.6 is 50.3 Å². The molecule has 0 atom stereocenters. The van der Waals surface area contributed by atoms with Crippen molar-refractivity contribution in [3.63, 3.8) is 0 Å². The van der Waals surface area contributed by atoms with Crippen LogP contribution < -0.4 is 5.73 Å². The average molecular weight is 478 g/mol. The summed E-state index contributed by atoms with van der Waals surface area (Å²) in [5, 5.41) is 0. The maximum absolute atomic E-state index is 6.01. The first kappa shape index (κ1) is 17.0. The van der Waals surface area contributed by atoms with E-state index in [4.69, 9.17) is 5.73 Å². The number of nitrogen functional groups attached to an aromatic ring is 1. The molecule has 0 amide bonds. The zero-order valence-corrected chi connectivity index (χ0v) is 16.5. The molecule has 0 aliphatic heterocycles. The molecule has 0 spiro atoms. The molecule has 3 nitrogen and oxygen atoms in total. The van der Waals surface area contributed by atoms with Gasteiger partial charge in [-0.3, -0.25) is 0 Å². The third-order valence-electron chi connectivity index (χ3n) is 2.77.